The third-order valence-corrected chi connectivity index (χ3v) is 3.50. The molecule has 7 nitrogen and oxygen atoms in total. The summed E-state index contributed by atoms with van der Waals surface area (Å²) in [5.41, 5.74) is -0.111. The highest BCUT2D eigenvalue weighted by molar-refractivity contribution is 6.03. The van der Waals surface area contributed by atoms with E-state index in [1.54, 1.807) is 30.3 Å². The van der Waals surface area contributed by atoms with Gasteiger partial charge in [-0.05, 0) is 18.2 Å². The molecule has 1 aliphatic rings. The largest absolute Gasteiger partial charge is 0.472 e. The van der Waals surface area contributed by atoms with E-state index in [1.807, 2.05) is 0 Å². The summed E-state index contributed by atoms with van der Waals surface area (Å²) in [6.45, 7) is 3.57. The van der Waals surface area contributed by atoms with Crippen molar-refractivity contribution in [2.24, 2.45) is 0 Å². The van der Waals surface area contributed by atoms with Crippen molar-refractivity contribution in [1.82, 2.24) is 9.55 Å². The van der Waals surface area contributed by atoms with Crippen LogP contribution in [0.4, 0.5) is 5.82 Å². The van der Waals surface area contributed by atoms with E-state index < -0.39 is 18.0 Å². The van der Waals surface area contributed by atoms with E-state index in [2.05, 4.69) is 16.9 Å². The second-order valence-corrected chi connectivity index (χ2v) is 5.11. The first kappa shape index (κ1) is 15.0. The van der Waals surface area contributed by atoms with Crippen LogP contribution in [0.3, 0.4) is 0 Å². The molecule has 0 radical (unpaired) electrons. The van der Waals surface area contributed by atoms with Crippen LogP contribution in [0, 0.1) is 0 Å². The average molecular weight is 313 g/mol. The summed E-state index contributed by atoms with van der Waals surface area (Å²) < 4.78 is 6.57. The fourth-order valence-corrected chi connectivity index (χ4v) is 2.27. The number of amides is 1. The van der Waals surface area contributed by atoms with E-state index in [0.29, 0.717) is 5.56 Å². The molecule has 7 heteroatoms. The van der Waals surface area contributed by atoms with Crippen LogP contribution in [0.5, 0.6) is 0 Å². The third-order valence-electron chi connectivity index (χ3n) is 3.50. The van der Waals surface area contributed by atoms with Crippen LogP contribution >= 0.6 is 0 Å². The van der Waals surface area contributed by atoms with Gasteiger partial charge in [0.1, 0.15) is 17.7 Å². The van der Waals surface area contributed by atoms with Crippen molar-refractivity contribution in [3.05, 3.63) is 71.0 Å². The molecule has 1 amide bonds. The van der Waals surface area contributed by atoms with Gasteiger partial charge in [0, 0.05) is 18.2 Å². The Morgan fingerprint density at radius 2 is 2.09 bits per heavy atom. The second-order valence-electron chi connectivity index (χ2n) is 5.11. The van der Waals surface area contributed by atoms with Crippen molar-refractivity contribution in [2.75, 3.05) is 5.32 Å². The number of hydrogen-bond acceptors (Lipinski definition) is 5. The van der Waals surface area contributed by atoms with Gasteiger partial charge in [-0.1, -0.05) is 24.8 Å². The Morgan fingerprint density at radius 1 is 1.35 bits per heavy atom. The number of benzene rings is 1. The van der Waals surface area contributed by atoms with Gasteiger partial charge in [-0.2, -0.15) is 4.98 Å². The molecule has 0 bridgehead atoms. The van der Waals surface area contributed by atoms with Crippen molar-refractivity contribution in [1.29, 1.82) is 0 Å². The summed E-state index contributed by atoms with van der Waals surface area (Å²) in [5, 5.41) is 12.2. The van der Waals surface area contributed by atoms with Gasteiger partial charge in [0.15, 0.2) is 6.23 Å². The van der Waals surface area contributed by atoms with Crippen molar-refractivity contribution in [3.63, 3.8) is 0 Å². The SMILES string of the molecule is C=C1O[C@@H](n2ccc(NC(=O)c3ccccc3)nc2=O)C[C@@H]1O. The van der Waals surface area contributed by atoms with Crippen LogP contribution in [0.25, 0.3) is 0 Å². The van der Waals surface area contributed by atoms with E-state index in [0.717, 1.165) is 0 Å². The molecule has 3 rings (SSSR count). The molecule has 2 aromatic rings. The average Bonchev–Trinajstić information content (AvgIpc) is 2.87. The van der Waals surface area contributed by atoms with Gasteiger partial charge in [-0.3, -0.25) is 9.36 Å². The van der Waals surface area contributed by atoms with Crippen LogP contribution in [0.15, 0.2) is 59.7 Å². The zero-order valence-corrected chi connectivity index (χ0v) is 12.2. The summed E-state index contributed by atoms with van der Waals surface area (Å²) in [6, 6.07) is 10.1. The first-order valence-electron chi connectivity index (χ1n) is 7.03. The predicted molar refractivity (Wildman–Crippen MR) is 82.8 cm³/mol. The number of aromatic nitrogens is 2. The smallest absolute Gasteiger partial charge is 0.352 e. The molecule has 2 atom stereocenters. The van der Waals surface area contributed by atoms with E-state index in [-0.39, 0.29) is 23.9 Å². The summed E-state index contributed by atoms with van der Waals surface area (Å²) in [7, 11) is 0. The maximum Gasteiger partial charge on any atom is 0.352 e. The lowest BCUT2D eigenvalue weighted by atomic mass is 10.2. The summed E-state index contributed by atoms with van der Waals surface area (Å²) in [5.74, 6) is 0.0250. The summed E-state index contributed by atoms with van der Waals surface area (Å²) >= 11 is 0. The van der Waals surface area contributed by atoms with Crippen LogP contribution in [0.1, 0.15) is 23.0 Å². The first-order valence-corrected chi connectivity index (χ1v) is 7.03. The van der Waals surface area contributed by atoms with Crippen molar-refractivity contribution in [2.45, 2.75) is 18.8 Å². The minimum absolute atomic E-state index is 0.150. The number of nitrogens with zero attached hydrogens (tertiary/aromatic N) is 2. The molecule has 23 heavy (non-hydrogen) atoms. The molecule has 0 saturated carbocycles. The number of aliphatic hydroxyl groups is 1. The van der Waals surface area contributed by atoms with Crippen LogP contribution in [0.2, 0.25) is 0 Å². The van der Waals surface area contributed by atoms with Crippen molar-refractivity contribution in [3.8, 4) is 0 Å². The standard InChI is InChI=1S/C16H15N3O4/c1-10-12(20)9-14(23-10)19-8-7-13(18-16(19)22)17-15(21)11-5-3-2-4-6-11/h2-8,12,14,20H,1,9H2,(H,17,18,21,22)/t12-,14+/m0/s1. The van der Waals surface area contributed by atoms with Gasteiger partial charge < -0.3 is 15.2 Å². The fourth-order valence-electron chi connectivity index (χ4n) is 2.27. The zero-order chi connectivity index (χ0) is 16.4. The normalized spacial score (nSPS) is 20.1. The van der Waals surface area contributed by atoms with Gasteiger partial charge in [-0.15, -0.1) is 0 Å². The van der Waals surface area contributed by atoms with Gasteiger partial charge >= 0.3 is 5.69 Å². The van der Waals surface area contributed by atoms with E-state index in [9.17, 15) is 14.7 Å². The van der Waals surface area contributed by atoms with Gasteiger partial charge in [0.2, 0.25) is 0 Å². The molecule has 1 saturated heterocycles. The summed E-state index contributed by atoms with van der Waals surface area (Å²) in [4.78, 5) is 27.9. The minimum Gasteiger partial charge on any atom is -0.472 e. The number of nitrogens with one attached hydrogen (secondary N) is 1. The van der Waals surface area contributed by atoms with Crippen LogP contribution in [-0.2, 0) is 4.74 Å². The molecule has 2 N–H and O–H groups in total. The highest BCUT2D eigenvalue weighted by atomic mass is 16.5. The molecule has 1 aliphatic heterocycles. The molecule has 0 aliphatic carbocycles. The summed E-state index contributed by atoms with van der Waals surface area (Å²) in [6.07, 6.45) is 0.253. The highest BCUT2D eigenvalue weighted by Gasteiger charge is 2.30. The predicted octanol–water partition coefficient (Wildman–Crippen LogP) is 1.29. The van der Waals surface area contributed by atoms with Gasteiger partial charge in [0.05, 0.1) is 0 Å². The zero-order valence-electron chi connectivity index (χ0n) is 12.2. The Morgan fingerprint density at radius 3 is 2.70 bits per heavy atom. The number of carbonyl (C=O) groups is 1. The maximum atomic E-state index is 12.1. The van der Waals surface area contributed by atoms with E-state index in [4.69, 9.17) is 4.74 Å². The lowest BCUT2D eigenvalue weighted by molar-refractivity contribution is 0.0936. The van der Waals surface area contributed by atoms with E-state index >= 15 is 0 Å². The van der Waals surface area contributed by atoms with Crippen LogP contribution in [-0.4, -0.2) is 26.7 Å². The quantitative estimate of drug-likeness (QED) is 0.890. The molecule has 1 fully saturated rings. The highest BCUT2D eigenvalue weighted by Crippen LogP contribution is 2.28. The molecule has 1 aromatic carbocycles. The Bertz CT molecular complexity index is 800. The molecule has 118 valence electrons. The van der Waals surface area contributed by atoms with Crippen LogP contribution < -0.4 is 11.0 Å². The number of aliphatic hydroxyl groups excluding tert-OH is 1. The van der Waals surface area contributed by atoms with Gasteiger partial charge in [-0.25, -0.2) is 4.79 Å². The van der Waals surface area contributed by atoms with Crippen molar-refractivity contribution >= 4 is 11.7 Å². The fraction of sp³-hybridized carbons (Fsp3) is 0.188. The molecular formula is C16H15N3O4. The maximum absolute atomic E-state index is 12.1. The number of hydrogen-bond donors (Lipinski definition) is 2. The topological polar surface area (TPSA) is 93.5 Å². The number of carbonyl (C=O) groups excluding carboxylic acids is 1. The Labute approximate surface area is 131 Å². The first-order chi connectivity index (χ1) is 11.0. The molecule has 0 unspecified atom stereocenters. The van der Waals surface area contributed by atoms with Gasteiger partial charge in [0.25, 0.3) is 5.91 Å². The van der Waals surface area contributed by atoms with E-state index in [1.165, 1.54) is 16.8 Å². The molecule has 0 spiro atoms. The second kappa shape index (κ2) is 6.05. The number of rotatable bonds is 3. The lowest BCUT2D eigenvalue weighted by Gasteiger charge is -2.13. The third kappa shape index (κ3) is 3.14. The Kier molecular flexibility index (Phi) is 3.94. The monoisotopic (exact) mass is 313 g/mol. The number of ether oxygens (including phenoxy) is 1. The van der Waals surface area contributed by atoms with Crippen molar-refractivity contribution < 1.29 is 14.6 Å². The molecule has 2 heterocycles. The number of anilines is 1. The Balaban J connectivity index is 1.76. The Hall–Kier alpha value is -2.93. The molecular weight excluding hydrogens is 298 g/mol. The molecule has 1 aromatic heterocycles. The minimum atomic E-state index is -0.802. The lowest BCUT2D eigenvalue weighted by Crippen LogP contribution is -2.28.